The van der Waals surface area contributed by atoms with Crippen molar-refractivity contribution in [3.8, 4) is 0 Å². The van der Waals surface area contributed by atoms with Crippen LogP contribution in [0.15, 0.2) is 30.5 Å². The number of carbonyl (C=O) groups is 7. The van der Waals surface area contributed by atoms with Gasteiger partial charge in [-0.1, -0.05) is 76.5 Å². The molecule has 0 saturated heterocycles. The number of carboxylic acid groups (broad SMARTS) is 2. The third kappa shape index (κ3) is 20.4. The Balaban J connectivity index is 1.87. The first-order valence-corrected chi connectivity index (χ1v) is 20.7. The maximum atomic E-state index is 13.6. The molecule has 1 aromatic heterocycles. The van der Waals surface area contributed by atoms with Crippen molar-refractivity contribution in [1.82, 2.24) is 26.3 Å². The third-order valence-corrected chi connectivity index (χ3v) is 10.1. The molecule has 1 heterocycles. The van der Waals surface area contributed by atoms with Gasteiger partial charge in [0.1, 0.15) is 23.7 Å². The number of ketones is 2. The molecule has 57 heavy (non-hydrogen) atoms. The van der Waals surface area contributed by atoms with Crippen molar-refractivity contribution in [3.05, 3.63) is 36.0 Å². The molecular weight excluding hydrogens is 732 g/mol. The van der Waals surface area contributed by atoms with Crippen LogP contribution in [0.3, 0.4) is 0 Å². The predicted molar refractivity (Wildman–Crippen MR) is 218 cm³/mol. The summed E-state index contributed by atoms with van der Waals surface area (Å²) in [5, 5.41) is 30.3. The zero-order valence-electron chi connectivity index (χ0n) is 33.9. The lowest BCUT2D eigenvalue weighted by molar-refractivity contribution is -0.143. The van der Waals surface area contributed by atoms with Gasteiger partial charge < -0.3 is 42.2 Å². The fraction of sp³-hybridized carbons (Fsp3) is 0.643. The highest BCUT2D eigenvalue weighted by atomic mass is 16.4. The minimum Gasteiger partial charge on any atom is -0.481 e. The molecule has 9 N–H and O–H groups in total. The highest BCUT2D eigenvalue weighted by molar-refractivity contribution is 5.92. The number of rotatable bonds is 33. The number of fused-ring (bicyclic) bond motifs is 1. The minimum absolute atomic E-state index is 0.152. The lowest BCUT2D eigenvalue weighted by Crippen LogP contribution is -2.52. The summed E-state index contributed by atoms with van der Waals surface area (Å²) in [7, 11) is 0. The van der Waals surface area contributed by atoms with E-state index in [1.165, 1.54) is 44.9 Å². The number of nitrogens with one attached hydrogen (secondary N) is 5. The first kappa shape index (κ1) is 48.5. The minimum atomic E-state index is -1.45. The zero-order valence-corrected chi connectivity index (χ0v) is 33.9. The maximum Gasteiger partial charge on any atom is 0.326 e. The number of carbonyl (C=O) groups excluding carboxylic acids is 5. The number of nitrogens with two attached hydrogens (primary N) is 1. The SMILES string of the molecule is CCCCCCCCCCCC(=O)CCCNCC[C@H](N)C(=O)C[C@H](Cc1c[nH]c2ccccc12)C(=O)NCC[C@@H](NC(=O)[C@@H](CCC(=O)O)NC(C)=O)C(=O)O. The molecule has 0 bridgehead atoms. The number of carboxylic acids is 2. The molecule has 0 radical (unpaired) electrons. The van der Waals surface area contributed by atoms with Crippen LogP contribution in [0.2, 0.25) is 0 Å². The molecule has 0 spiro atoms. The second-order valence-corrected chi connectivity index (χ2v) is 15.0. The molecule has 0 fully saturated rings. The Morgan fingerprint density at radius 2 is 1.40 bits per heavy atom. The van der Waals surface area contributed by atoms with Crippen LogP contribution in [0.1, 0.15) is 129 Å². The second kappa shape index (κ2) is 27.9. The van der Waals surface area contributed by atoms with Gasteiger partial charge in [-0.3, -0.25) is 28.8 Å². The van der Waals surface area contributed by atoms with Gasteiger partial charge in [-0.15, -0.1) is 0 Å². The second-order valence-electron chi connectivity index (χ2n) is 15.0. The van der Waals surface area contributed by atoms with Crippen LogP contribution in [0.25, 0.3) is 10.9 Å². The molecule has 0 aliphatic heterocycles. The van der Waals surface area contributed by atoms with Gasteiger partial charge in [0.05, 0.1) is 6.04 Å². The Hall–Kier alpha value is -4.63. The Bertz CT molecular complexity index is 1580. The van der Waals surface area contributed by atoms with Crippen LogP contribution in [-0.2, 0) is 40.0 Å². The van der Waals surface area contributed by atoms with Crippen LogP contribution in [0, 0.1) is 5.92 Å². The number of unbranched alkanes of at least 4 members (excludes halogenated alkanes) is 8. The van der Waals surface area contributed by atoms with Crippen LogP contribution in [-0.4, -0.2) is 94.2 Å². The van der Waals surface area contributed by atoms with Gasteiger partial charge in [-0.25, -0.2) is 4.79 Å². The predicted octanol–water partition coefficient (Wildman–Crippen LogP) is 4.31. The van der Waals surface area contributed by atoms with E-state index in [2.05, 4.69) is 33.2 Å². The lowest BCUT2D eigenvalue weighted by atomic mass is 9.90. The van der Waals surface area contributed by atoms with E-state index in [9.17, 15) is 38.7 Å². The number of aliphatic carboxylic acids is 2. The van der Waals surface area contributed by atoms with Crippen molar-refractivity contribution >= 4 is 52.1 Å². The maximum absolute atomic E-state index is 13.6. The van der Waals surface area contributed by atoms with E-state index in [1.54, 1.807) is 6.20 Å². The fourth-order valence-corrected chi connectivity index (χ4v) is 6.73. The Morgan fingerprint density at radius 3 is 2.07 bits per heavy atom. The van der Waals surface area contributed by atoms with Crippen LogP contribution in [0.4, 0.5) is 0 Å². The summed E-state index contributed by atoms with van der Waals surface area (Å²) in [5.41, 5.74) is 7.97. The van der Waals surface area contributed by atoms with E-state index < -0.39 is 60.1 Å². The number of aromatic amines is 1. The number of para-hydroxylation sites is 1. The molecule has 0 aliphatic carbocycles. The standard InChI is InChI=1S/C42H66N6O9/c1-3-4-5-6-7-8-9-10-11-15-32(50)16-14-23-44-24-21-34(43)38(51)27-30(26-31-28-46-35-18-13-12-17-33(31)35)40(54)45-25-22-37(42(56)57)48-41(55)36(47-29(2)49)19-20-39(52)53/h12-13,17-18,28,30,34,36-37,44,46H,3-11,14-16,19-27,43H2,1-2H3,(H,45,54)(H,47,49)(H,48,55)(H,52,53)(H,56,57)/t30-,34-,36+,37+/m0/s1. The van der Waals surface area contributed by atoms with E-state index in [-0.39, 0.29) is 43.8 Å². The number of amides is 3. The van der Waals surface area contributed by atoms with E-state index in [4.69, 9.17) is 10.8 Å². The average Bonchev–Trinajstić information content (AvgIpc) is 3.58. The van der Waals surface area contributed by atoms with E-state index >= 15 is 0 Å². The normalized spacial score (nSPS) is 13.3. The smallest absolute Gasteiger partial charge is 0.326 e. The summed E-state index contributed by atoms with van der Waals surface area (Å²) < 4.78 is 0. The van der Waals surface area contributed by atoms with Crippen LogP contribution in [0.5, 0.6) is 0 Å². The Kier molecular flexibility index (Phi) is 23.7. The largest absolute Gasteiger partial charge is 0.481 e. The number of benzene rings is 1. The molecule has 3 amide bonds. The summed E-state index contributed by atoms with van der Waals surface area (Å²) in [6, 6.07) is 4.01. The van der Waals surface area contributed by atoms with Crippen molar-refractivity contribution in [2.24, 2.45) is 11.7 Å². The number of H-pyrrole nitrogens is 1. The van der Waals surface area contributed by atoms with E-state index in [1.807, 2.05) is 24.3 Å². The molecule has 15 heteroatoms. The van der Waals surface area contributed by atoms with Gasteiger partial charge >= 0.3 is 11.9 Å². The van der Waals surface area contributed by atoms with Crippen molar-refractivity contribution in [2.45, 2.75) is 148 Å². The summed E-state index contributed by atoms with van der Waals surface area (Å²) in [6.07, 6.45) is 14.1. The van der Waals surface area contributed by atoms with Gasteiger partial charge in [0.15, 0.2) is 0 Å². The summed E-state index contributed by atoms with van der Waals surface area (Å²) in [4.78, 5) is 89.7. The molecule has 0 aliphatic rings. The molecule has 2 aromatic rings. The van der Waals surface area contributed by atoms with Gasteiger partial charge in [0.25, 0.3) is 0 Å². The number of hydrogen-bond donors (Lipinski definition) is 8. The first-order valence-electron chi connectivity index (χ1n) is 20.7. The Labute approximate surface area is 336 Å². The highest BCUT2D eigenvalue weighted by Crippen LogP contribution is 2.23. The molecule has 318 valence electrons. The Morgan fingerprint density at radius 1 is 0.737 bits per heavy atom. The quantitative estimate of drug-likeness (QED) is 0.0473. The van der Waals surface area contributed by atoms with E-state index in [0.717, 1.165) is 36.2 Å². The third-order valence-electron chi connectivity index (χ3n) is 10.1. The molecule has 0 unspecified atom stereocenters. The van der Waals surface area contributed by atoms with Gasteiger partial charge in [-0.05, 0) is 63.2 Å². The monoisotopic (exact) mass is 798 g/mol. The highest BCUT2D eigenvalue weighted by Gasteiger charge is 2.29. The van der Waals surface area contributed by atoms with E-state index in [0.29, 0.717) is 38.8 Å². The number of aromatic nitrogens is 1. The van der Waals surface area contributed by atoms with Crippen molar-refractivity contribution in [2.75, 3.05) is 19.6 Å². The topological polar surface area (TPSA) is 250 Å². The lowest BCUT2D eigenvalue weighted by Gasteiger charge is -2.22. The molecule has 4 atom stereocenters. The summed E-state index contributed by atoms with van der Waals surface area (Å²) in [6.45, 7) is 4.31. The molecule has 0 saturated carbocycles. The first-order chi connectivity index (χ1) is 27.3. The zero-order chi connectivity index (χ0) is 42.0. The molecule has 15 nitrogen and oxygen atoms in total. The molecule has 2 rings (SSSR count). The van der Waals surface area contributed by atoms with Crippen molar-refractivity contribution in [1.29, 1.82) is 0 Å². The van der Waals surface area contributed by atoms with Gasteiger partial charge in [-0.2, -0.15) is 0 Å². The number of hydrogen-bond acceptors (Lipinski definition) is 9. The van der Waals surface area contributed by atoms with Gasteiger partial charge in [0.2, 0.25) is 17.7 Å². The summed E-state index contributed by atoms with van der Waals surface area (Å²) >= 11 is 0. The van der Waals surface area contributed by atoms with Crippen molar-refractivity contribution in [3.63, 3.8) is 0 Å². The van der Waals surface area contributed by atoms with Crippen molar-refractivity contribution < 1.29 is 43.8 Å². The summed E-state index contributed by atoms with van der Waals surface area (Å²) in [5.74, 6) is -5.36. The molecule has 1 aromatic carbocycles. The number of Topliss-reactive ketones (excluding diaryl/α,β-unsaturated/α-hetero) is 2. The average molecular weight is 799 g/mol. The van der Waals surface area contributed by atoms with Crippen LogP contribution < -0.4 is 27.0 Å². The fourth-order valence-electron chi connectivity index (χ4n) is 6.73. The van der Waals surface area contributed by atoms with Crippen LogP contribution >= 0.6 is 0 Å². The molecular formula is C42H66N6O9. The van der Waals surface area contributed by atoms with Gasteiger partial charge in [0, 0.05) is 62.2 Å².